The molecule has 4 N–H and O–H groups in total. The number of amides is 3. The molecule has 1 aromatic rings. The number of nitrogens with one attached hydrogen (secondary N) is 2. The fourth-order valence-electron chi connectivity index (χ4n) is 2.16. The van der Waals surface area contributed by atoms with Gasteiger partial charge in [0.2, 0.25) is 17.7 Å². The molecule has 0 radical (unpaired) electrons. The van der Waals surface area contributed by atoms with Crippen LogP contribution in [0.2, 0.25) is 0 Å². The molecular weight excluding hydrogens is 272 g/mol. The first-order valence-corrected chi connectivity index (χ1v) is 6.60. The third-order valence-corrected chi connectivity index (χ3v) is 3.41. The van der Waals surface area contributed by atoms with Crippen molar-refractivity contribution >= 4 is 29.1 Å². The Hall–Kier alpha value is -2.41. The van der Waals surface area contributed by atoms with Crippen LogP contribution in [0, 0.1) is 6.92 Å². The van der Waals surface area contributed by atoms with Crippen LogP contribution in [0.15, 0.2) is 18.2 Å². The summed E-state index contributed by atoms with van der Waals surface area (Å²) in [5, 5.41) is 4.99. The fraction of sp³-hybridized carbons (Fsp3) is 0.357. The van der Waals surface area contributed by atoms with Gasteiger partial charge >= 0.3 is 0 Å². The number of imide groups is 1. The van der Waals surface area contributed by atoms with Crippen molar-refractivity contribution in [3.8, 4) is 0 Å². The van der Waals surface area contributed by atoms with E-state index in [2.05, 4.69) is 10.6 Å². The SMILES string of the molecule is Cc1cc(N)ccc1NC(=O)CN1CC(=O)NC(=O)C1C. The second-order valence-corrected chi connectivity index (χ2v) is 5.12. The van der Waals surface area contributed by atoms with Crippen LogP contribution < -0.4 is 16.4 Å². The molecule has 1 atom stereocenters. The quantitative estimate of drug-likeness (QED) is 0.531. The van der Waals surface area contributed by atoms with E-state index in [0.717, 1.165) is 5.56 Å². The molecule has 2 rings (SSSR count). The van der Waals surface area contributed by atoms with Gasteiger partial charge in [0.1, 0.15) is 0 Å². The lowest BCUT2D eigenvalue weighted by Gasteiger charge is -2.30. The molecule has 1 saturated heterocycles. The van der Waals surface area contributed by atoms with E-state index in [1.807, 2.05) is 6.92 Å². The number of carbonyl (C=O) groups excluding carboxylic acids is 3. The minimum Gasteiger partial charge on any atom is -0.399 e. The normalized spacial score (nSPS) is 19.2. The molecule has 112 valence electrons. The summed E-state index contributed by atoms with van der Waals surface area (Å²) < 4.78 is 0. The minimum atomic E-state index is -0.513. The molecule has 1 heterocycles. The minimum absolute atomic E-state index is 0.0237. The number of benzene rings is 1. The third-order valence-electron chi connectivity index (χ3n) is 3.41. The molecule has 1 aromatic carbocycles. The van der Waals surface area contributed by atoms with E-state index in [-0.39, 0.29) is 24.9 Å². The molecule has 0 aromatic heterocycles. The summed E-state index contributed by atoms with van der Waals surface area (Å²) in [5.41, 5.74) is 7.79. The van der Waals surface area contributed by atoms with Gasteiger partial charge in [0.15, 0.2) is 0 Å². The van der Waals surface area contributed by atoms with Gasteiger partial charge in [-0.15, -0.1) is 0 Å². The maximum atomic E-state index is 12.0. The van der Waals surface area contributed by atoms with E-state index in [1.165, 1.54) is 4.90 Å². The number of anilines is 2. The lowest BCUT2D eigenvalue weighted by Crippen LogP contribution is -2.58. The standard InChI is InChI=1S/C14H18N4O3/c1-8-5-10(15)3-4-11(8)16-12(19)6-18-7-13(20)17-14(21)9(18)2/h3-5,9H,6-7,15H2,1-2H3,(H,16,19)(H,17,20,21). The largest absolute Gasteiger partial charge is 0.399 e. The fourth-order valence-corrected chi connectivity index (χ4v) is 2.16. The predicted molar refractivity (Wildman–Crippen MR) is 78.4 cm³/mol. The first kappa shape index (κ1) is 15.0. The molecule has 1 aliphatic rings. The highest BCUT2D eigenvalue weighted by molar-refractivity contribution is 6.02. The molecule has 7 heteroatoms. The molecule has 21 heavy (non-hydrogen) atoms. The number of nitrogen functional groups attached to an aromatic ring is 1. The zero-order chi connectivity index (χ0) is 15.6. The highest BCUT2D eigenvalue weighted by Gasteiger charge is 2.31. The van der Waals surface area contributed by atoms with Crippen molar-refractivity contribution < 1.29 is 14.4 Å². The van der Waals surface area contributed by atoms with Gasteiger partial charge in [-0.25, -0.2) is 0 Å². The van der Waals surface area contributed by atoms with Crippen LogP contribution in [0.1, 0.15) is 12.5 Å². The molecule has 1 fully saturated rings. The molecule has 0 saturated carbocycles. The molecule has 3 amide bonds. The Morgan fingerprint density at radius 2 is 2.19 bits per heavy atom. The number of hydrogen-bond donors (Lipinski definition) is 3. The number of rotatable bonds is 3. The van der Waals surface area contributed by atoms with Crippen LogP contribution in [0.5, 0.6) is 0 Å². The average Bonchev–Trinajstić information content (AvgIpc) is 2.38. The van der Waals surface area contributed by atoms with Crippen molar-refractivity contribution in [3.63, 3.8) is 0 Å². The van der Waals surface area contributed by atoms with Crippen molar-refractivity contribution in [2.24, 2.45) is 0 Å². The monoisotopic (exact) mass is 290 g/mol. The van der Waals surface area contributed by atoms with Crippen LogP contribution in [0.3, 0.4) is 0 Å². The number of nitrogens with zero attached hydrogens (tertiary/aromatic N) is 1. The number of hydrogen-bond acceptors (Lipinski definition) is 5. The lowest BCUT2D eigenvalue weighted by atomic mass is 10.1. The Bertz CT molecular complexity index is 600. The van der Waals surface area contributed by atoms with Gasteiger partial charge in [0, 0.05) is 11.4 Å². The Kier molecular flexibility index (Phi) is 4.23. The summed E-state index contributed by atoms with van der Waals surface area (Å²) in [4.78, 5) is 36.4. The van der Waals surface area contributed by atoms with E-state index in [4.69, 9.17) is 5.73 Å². The zero-order valence-corrected chi connectivity index (χ0v) is 12.0. The van der Waals surface area contributed by atoms with Gasteiger partial charge < -0.3 is 11.1 Å². The van der Waals surface area contributed by atoms with Crippen LogP contribution in [0.25, 0.3) is 0 Å². The Labute approximate surface area is 122 Å². The van der Waals surface area contributed by atoms with Gasteiger partial charge in [-0.05, 0) is 37.6 Å². The molecule has 0 spiro atoms. The summed E-state index contributed by atoms with van der Waals surface area (Å²) in [6.07, 6.45) is 0. The van der Waals surface area contributed by atoms with Crippen molar-refractivity contribution in [3.05, 3.63) is 23.8 Å². The maximum Gasteiger partial charge on any atom is 0.243 e. The topological polar surface area (TPSA) is 105 Å². The highest BCUT2D eigenvalue weighted by Crippen LogP contribution is 2.17. The average molecular weight is 290 g/mol. The van der Waals surface area contributed by atoms with Gasteiger partial charge in [-0.1, -0.05) is 0 Å². The Morgan fingerprint density at radius 1 is 1.48 bits per heavy atom. The summed E-state index contributed by atoms with van der Waals surface area (Å²) in [6, 6.07) is 4.67. The first-order valence-electron chi connectivity index (χ1n) is 6.60. The van der Waals surface area contributed by atoms with E-state index >= 15 is 0 Å². The van der Waals surface area contributed by atoms with Crippen molar-refractivity contribution in [2.45, 2.75) is 19.9 Å². The van der Waals surface area contributed by atoms with E-state index in [0.29, 0.717) is 11.4 Å². The van der Waals surface area contributed by atoms with E-state index in [9.17, 15) is 14.4 Å². The molecule has 0 aliphatic carbocycles. The predicted octanol–water partition coefficient (Wildman–Crippen LogP) is -0.137. The van der Waals surface area contributed by atoms with Crippen molar-refractivity contribution in [1.29, 1.82) is 0 Å². The van der Waals surface area contributed by atoms with E-state index < -0.39 is 11.9 Å². The third kappa shape index (κ3) is 3.57. The van der Waals surface area contributed by atoms with Crippen LogP contribution in [0.4, 0.5) is 11.4 Å². The second kappa shape index (κ2) is 5.92. The van der Waals surface area contributed by atoms with Gasteiger partial charge in [0.25, 0.3) is 0 Å². The van der Waals surface area contributed by atoms with Crippen LogP contribution in [-0.4, -0.2) is 41.8 Å². The first-order chi connectivity index (χ1) is 9.86. The smallest absolute Gasteiger partial charge is 0.243 e. The molecule has 0 bridgehead atoms. The highest BCUT2D eigenvalue weighted by atomic mass is 16.2. The zero-order valence-electron chi connectivity index (χ0n) is 12.0. The number of piperazine rings is 1. The van der Waals surface area contributed by atoms with Crippen LogP contribution >= 0.6 is 0 Å². The molecular formula is C14H18N4O3. The summed E-state index contributed by atoms with van der Waals surface area (Å²) >= 11 is 0. The van der Waals surface area contributed by atoms with E-state index in [1.54, 1.807) is 25.1 Å². The van der Waals surface area contributed by atoms with Crippen molar-refractivity contribution in [1.82, 2.24) is 10.2 Å². The summed E-state index contributed by atoms with van der Waals surface area (Å²) in [5.74, 6) is -1.06. The Morgan fingerprint density at radius 3 is 2.86 bits per heavy atom. The maximum absolute atomic E-state index is 12.0. The molecule has 1 aliphatic heterocycles. The number of aryl methyl sites for hydroxylation is 1. The van der Waals surface area contributed by atoms with Gasteiger partial charge in [-0.3, -0.25) is 24.6 Å². The summed E-state index contributed by atoms with van der Waals surface area (Å²) in [6.45, 7) is 3.50. The second-order valence-electron chi connectivity index (χ2n) is 5.12. The Balaban J connectivity index is 2.01. The molecule has 1 unspecified atom stereocenters. The number of carbonyl (C=O) groups is 3. The van der Waals surface area contributed by atoms with Gasteiger partial charge in [-0.2, -0.15) is 0 Å². The van der Waals surface area contributed by atoms with Crippen molar-refractivity contribution in [2.75, 3.05) is 24.1 Å². The molecule has 7 nitrogen and oxygen atoms in total. The van der Waals surface area contributed by atoms with Gasteiger partial charge in [0.05, 0.1) is 19.1 Å². The summed E-state index contributed by atoms with van der Waals surface area (Å²) in [7, 11) is 0. The van der Waals surface area contributed by atoms with Crippen LogP contribution in [-0.2, 0) is 14.4 Å². The number of nitrogens with two attached hydrogens (primary N) is 1. The lowest BCUT2D eigenvalue weighted by molar-refractivity contribution is -0.140.